The number of anilines is 1. The van der Waals surface area contributed by atoms with Crippen molar-refractivity contribution < 1.29 is 9.53 Å². The number of methoxy groups -OCH3 is 1. The Labute approximate surface area is 152 Å². The number of nitrogens with two attached hydrogens (primary N) is 1. The number of nitrogens with zero attached hydrogens (tertiary/aromatic N) is 3. The van der Waals surface area contributed by atoms with Crippen LogP contribution in [0.4, 0.5) is 5.95 Å². The van der Waals surface area contributed by atoms with E-state index in [9.17, 15) is 4.79 Å². The van der Waals surface area contributed by atoms with Crippen molar-refractivity contribution in [2.45, 2.75) is 18.8 Å². The highest BCUT2D eigenvalue weighted by Gasteiger charge is 2.27. The van der Waals surface area contributed by atoms with Gasteiger partial charge in [-0.3, -0.25) is 4.79 Å². The van der Waals surface area contributed by atoms with Gasteiger partial charge in [-0.05, 0) is 30.5 Å². The van der Waals surface area contributed by atoms with Gasteiger partial charge in [0.05, 0.1) is 5.69 Å². The summed E-state index contributed by atoms with van der Waals surface area (Å²) in [7, 11) is 1.53. The molecule has 2 N–H and O–H groups in total. The number of likely N-dealkylation sites (tertiary alicyclic amines) is 1. The SMILES string of the molecule is COCC(=O)N1CCCC(c2nc(N)ncc2-c2ccc(Cl)cc2)C1. The van der Waals surface area contributed by atoms with E-state index in [1.807, 2.05) is 29.2 Å². The first-order valence-corrected chi connectivity index (χ1v) is 8.61. The predicted molar refractivity (Wildman–Crippen MR) is 97.3 cm³/mol. The number of halogens is 1. The van der Waals surface area contributed by atoms with Crippen LogP contribution in [0.5, 0.6) is 0 Å². The summed E-state index contributed by atoms with van der Waals surface area (Å²) in [4.78, 5) is 22.6. The maximum atomic E-state index is 12.2. The molecule has 2 heterocycles. The van der Waals surface area contributed by atoms with Gasteiger partial charge in [0.15, 0.2) is 0 Å². The van der Waals surface area contributed by atoms with E-state index in [-0.39, 0.29) is 24.4 Å². The highest BCUT2D eigenvalue weighted by atomic mass is 35.5. The molecule has 132 valence electrons. The van der Waals surface area contributed by atoms with Gasteiger partial charge in [-0.15, -0.1) is 0 Å². The van der Waals surface area contributed by atoms with Crippen molar-refractivity contribution >= 4 is 23.5 Å². The molecule has 0 bridgehead atoms. The zero-order valence-corrected chi connectivity index (χ0v) is 14.9. The van der Waals surface area contributed by atoms with Crippen LogP contribution in [0.15, 0.2) is 30.5 Å². The topological polar surface area (TPSA) is 81.3 Å². The number of carbonyl (C=O) groups excluding carboxylic acids is 1. The minimum atomic E-state index is 0.00210. The fourth-order valence-corrected chi connectivity index (χ4v) is 3.34. The van der Waals surface area contributed by atoms with Gasteiger partial charge in [0.25, 0.3) is 0 Å². The third-order valence-electron chi connectivity index (χ3n) is 4.42. The number of hydrogen-bond acceptors (Lipinski definition) is 5. The summed E-state index contributed by atoms with van der Waals surface area (Å²) < 4.78 is 4.97. The van der Waals surface area contributed by atoms with E-state index in [2.05, 4.69) is 9.97 Å². The number of benzene rings is 1. The second-order valence-corrected chi connectivity index (χ2v) is 6.58. The smallest absolute Gasteiger partial charge is 0.248 e. The molecule has 1 aliphatic rings. The molecule has 1 aromatic heterocycles. The molecule has 0 aliphatic carbocycles. The monoisotopic (exact) mass is 360 g/mol. The fraction of sp³-hybridized carbons (Fsp3) is 0.389. The quantitative estimate of drug-likeness (QED) is 0.906. The van der Waals surface area contributed by atoms with Crippen molar-refractivity contribution in [1.29, 1.82) is 0 Å². The predicted octanol–water partition coefficient (Wildman–Crippen LogP) is 2.73. The number of rotatable bonds is 4. The van der Waals surface area contributed by atoms with E-state index in [0.29, 0.717) is 11.6 Å². The Kier molecular flexibility index (Phi) is 5.50. The molecular weight excluding hydrogens is 340 g/mol. The summed E-state index contributed by atoms with van der Waals surface area (Å²) in [6.07, 6.45) is 3.62. The average Bonchev–Trinajstić information content (AvgIpc) is 2.63. The van der Waals surface area contributed by atoms with Gasteiger partial charge in [-0.25, -0.2) is 9.97 Å². The van der Waals surface area contributed by atoms with Crippen LogP contribution in [0.2, 0.25) is 5.02 Å². The zero-order chi connectivity index (χ0) is 17.8. The Morgan fingerprint density at radius 2 is 2.16 bits per heavy atom. The Hall–Kier alpha value is -2.18. The Bertz CT molecular complexity index is 751. The van der Waals surface area contributed by atoms with Gasteiger partial charge < -0.3 is 15.4 Å². The zero-order valence-electron chi connectivity index (χ0n) is 14.1. The van der Waals surface area contributed by atoms with Crippen molar-refractivity contribution in [3.8, 4) is 11.1 Å². The standard InChI is InChI=1S/C18H21ClN4O2/c1-25-11-16(24)23-8-2-3-13(10-23)17-15(9-21-18(20)22-17)12-4-6-14(19)7-5-12/h4-7,9,13H,2-3,8,10-11H2,1H3,(H2,20,21,22). The molecule has 3 rings (SSSR count). The first-order chi connectivity index (χ1) is 12.1. The van der Waals surface area contributed by atoms with Gasteiger partial charge in [-0.2, -0.15) is 0 Å². The Morgan fingerprint density at radius 1 is 1.40 bits per heavy atom. The van der Waals surface area contributed by atoms with E-state index in [1.165, 1.54) is 7.11 Å². The molecule has 1 unspecified atom stereocenters. The molecule has 1 saturated heterocycles. The van der Waals surface area contributed by atoms with Gasteiger partial charge in [0.1, 0.15) is 6.61 Å². The van der Waals surface area contributed by atoms with Crippen LogP contribution in [0.1, 0.15) is 24.5 Å². The molecule has 7 heteroatoms. The van der Waals surface area contributed by atoms with Crippen molar-refractivity contribution in [3.05, 3.63) is 41.2 Å². The molecule has 25 heavy (non-hydrogen) atoms. The molecule has 2 aromatic rings. The maximum Gasteiger partial charge on any atom is 0.248 e. The third-order valence-corrected chi connectivity index (χ3v) is 4.67. The normalized spacial score (nSPS) is 17.5. The second kappa shape index (κ2) is 7.80. The van der Waals surface area contributed by atoms with Crippen LogP contribution in [-0.2, 0) is 9.53 Å². The summed E-state index contributed by atoms with van der Waals surface area (Å²) in [5.74, 6) is 0.362. The highest BCUT2D eigenvalue weighted by molar-refractivity contribution is 6.30. The first-order valence-electron chi connectivity index (χ1n) is 8.23. The second-order valence-electron chi connectivity index (χ2n) is 6.15. The number of nitrogen functional groups attached to an aromatic ring is 1. The first kappa shape index (κ1) is 17.6. The van der Waals surface area contributed by atoms with E-state index < -0.39 is 0 Å². The van der Waals surface area contributed by atoms with Gasteiger partial charge in [0, 0.05) is 42.9 Å². The highest BCUT2D eigenvalue weighted by Crippen LogP contribution is 2.33. The largest absolute Gasteiger partial charge is 0.375 e. The number of carbonyl (C=O) groups is 1. The van der Waals surface area contributed by atoms with E-state index >= 15 is 0 Å². The average molecular weight is 361 g/mol. The third kappa shape index (κ3) is 4.08. The minimum Gasteiger partial charge on any atom is -0.375 e. The maximum absolute atomic E-state index is 12.2. The number of amides is 1. The lowest BCUT2D eigenvalue weighted by atomic mass is 9.90. The molecule has 1 amide bonds. The van der Waals surface area contributed by atoms with Crippen LogP contribution < -0.4 is 5.73 Å². The molecule has 0 spiro atoms. The van der Waals surface area contributed by atoms with Crippen molar-refractivity contribution in [3.63, 3.8) is 0 Å². The van der Waals surface area contributed by atoms with E-state index in [4.69, 9.17) is 22.1 Å². The molecule has 6 nitrogen and oxygen atoms in total. The summed E-state index contributed by atoms with van der Waals surface area (Å²) in [5.41, 5.74) is 8.63. The number of piperidine rings is 1. The fourth-order valence-electron chi connectivity index (χ4n) is 3.21. The minimum absolute atomic E-state index is 0.00210. The lowest BCUT2D eigenvalue weighted by Gasteiger charge is -2.33. The molecule has 1 atom stereocenters. The van der Waals surface area contributed by atoms with Crippen LogP contribution >= 0.6 is 11.6 Å². The molecule has 1 fully saturated rings. The van der Waals surface area contributed by atoms with Crippen molar-refractivity contribution in [2.75, 3.05) is 32.5 Å². The molecular formula is C18H21ClN4O2. The summed E-state index contributed by atoms with van der Waals surface area (Å²) in [6, 6.07) is 7.56. The lowest BCUT2D eigenvalue weighted by molar-refractivity contribution is -0.136. The lowest BCUT2D eigenvalue weighted by Crippen LogP contribution is -2.41. The number of hydrogen-bond donors (Lipinski definition) is 1. The number of aromatic nitrogens is 2. The summed E-state index contributed by atoms with van der Waals surface area (Å²) in [6.45, 7) is 1.46. The van der Waals surface area contributed by atoms with Gasteiger partial charge in [0.2, 0.25) is 11.9 Å². The number of ether oxygens (including phenoxy) is 1. The summed E-state index contributed by atoms with van der Waals surface area (Å²) in [5, 5.41) is 0.677. The molecule has 0 saturated carbocycles. The van der Waals surface area contributed by atoms with Crippen LogP contribution in [0, 0.1) is 0 Å². The molecule has 1 aliphatic heterocycles. The van der Waals surface area contributed by atoms with Crippen molar-refractivity contribution in [2.24, 2.45) is 0 Å². The van der Waals surface area contributed by atoms with E-state index in [0.717, 1.165) is 36.2 Å². The van der Waals surface area contributed by atoms with Crippen molar-refractivity contribution in [1.82, 2.24) is 14.9 Å². The van der Waals surface area contributed by atoms with Gasteiger partial charge >= 0.3 is 0 Å². The Balaban J connectivity index is 1.91. The van der Waals surface area contributed by atoms with Gasteiger partial charge in [-0.1, -0.05) is 23.7 Å². The van der Waals surface area contributed by atoms with Crippen LogP contribution in [0.25, 0.3) is 11.1 Å². The van der Waals surface area contributed by atoms with E-state index in [1.54, 1.807) is 6.20 Å². The van der Waals surface area contributed by atoms with Crippen LogP contribution in [-0.4, -0.2) is 47.6 Å². The Morgan fingerprint density at radius 3 is 2.88 bits per heavy atom. The summed E-state index contributed by atoms with van der Waals surface area (Å²) >= 11 is 5.99. The molecule has 1 aromatic carbocycles. The molecule has 0 radical (unpaired) electrons. The van der Waals surface area contributed by atoms with Crippen LogP contribution in [0.3, 0.4) is 0 Å².